The number of rotatable bonds is 14. The van der Waals surface area contributed by atoms with Crippen LogP contribution >= 0.6 is 0 Å². The Morgan fingerprint density at radius 3 is 2.63 bits per heavy atom. The Morgan fingerprint density at radius 1 is 1.06 bits per heavy atom. The van der Waals surface area contributed by atoms with Crippen LogP contribution in [0.5, 0.6) is 0 Å². The molecule has 3 rings (SSSR count). The normalized spacial score (nSPS) is 11.5. The van der Waals surface area contributed by atoms with Gasteiger partial charge in [0.25, 0.3) is 0 Å². The van der Waals surface area contributed by atoms with Crippen molar-refractivity contribution in [2.45, 2.75) is 52.6 Å². The molecule has 9 nitrogen and oxygen atoms in total. The zero-order valence-corrected chi connectivity index (χ0v) is 20.9. The number of pyridine rings is 1. The molecular weight excluding hydrogens is 440 g/mol. The van der Waals surface area contributed by atoms with Crippen LogP contribution in [0, 0.1) is 0 Å². The van der Waals surface area contributed by atoms with E-state index < -0.39 is 0 Å². The van der Waals surface area contributed by atoms with E-state index in [2.05, 4.69) is 57.3 Å². The van der Waals surface area contributed by atoms with Crippen molar-refractivity contribution in [2.75, 3.05) is 42.6 Å². The minimum absolute atomic E-state index is 0.000673. The Hall–Kier alpha value is -3.30. The molecule has 0 aliphatic rings. The van der Waals surface area contributed by atoms with Crippen molar-refractivity contribution in [1.82, 2.24) is 20.3 Å². The minimum atomic E-state index is 0.000673. The molecule has 0 saturated heterocycles. The van der Waals surface area contributed by atoms with Gasteiger partial charge in [0, 0.05) is 37.4 Å². The largest absolute Gasteiger partial charge is 0.395 e. The molecule has 3 aromatic rings. The number of benzene rings is 1. The Labute approximate surface area is 207 Å². The average Bonchev–Trinajstić information content (AvgIpc) is 2.87. The van der Waals surface area contributed by atoms with Crippen molar-refractivity contribution in [2.24, 2.45) is 4.99 Å². The van der Waals surface area contributed by atoms with Crippen LogP contribution in [0.25, 0.3) is 10.9 Å². The Balaban J connectivity index is 1.81. The number of nitrogens with two attached hydrogens (primary N) is 2. The predicted molar refractivity (Wildman–Crippen MR) is 145 cm³/mol. The van der Waals surface area contributed by atoms with Crippen LogP contribution in [0.4, 0.5) is 17.5 Å². The third kappa shape index (κ3) is 7.10. The zero-order valence-electron chi connectivity index (χ0n) is 20.9. The highest BCUT2D eigenvalue weighted by molar-refractivity contribution is 5.89. The van der Waals surface area contributed by atoms with Crippen LogP contribution in [0.3, 0.4) is 0 Å². The molecule has 9 heteroatoms. The number of nitrogens with zero attached hydrogens (tertiary/aromatic N) is 5. The molecule has 2 heterocycles. The van der Waals surface area contributed by atoms with Crippen LogP contribution in [0.2, 0.25) is 0 Å². The molecule has 188 valence electrons. The van der Waals surface area contributed by atoms with Gasteiger partial charge in [-0.15, -0.1) is 0 Å². The smallest absolute Gasteiger partial charge is 0.222 e. The molecule has 0 amide bonds. The SMILES string of the molecule is CCCCNCc1ccc(CN=Cc2nc(N)nc(N(CCO)CCCC)c2N)c2ncccc12. The first-order valence-electron chi connectivity index (χ1n) is 12.4. The van der Waals surface area contributed by atoms with Crippen LogP contribution in [-0.2, 0) is 13.1 Å². The lowest BCUT2D eigenvalue weighted by Crippen LogP contribution is -2.30. The van der Waals surface area contributed by atoms with Gasteiger partial charge in [0.2, 0.25) is 5.95 Å². The molecule has 0 aliphatic carbocycles. The number of aromatic nitrogens is 3. The summed E-state index contributed by atoms with van der Waals surface area (Å²) in [7, 11) is 0. The van der Waals surface area contributed by atoms with Crippen LogP contribution in [-0.4, -0.2) is 52.5 Å². The van der Waals surface area contributed by atoms with Crippen molar-refractivity contribution in [3.8, 4) is 0 Å². The summed E-state index contributed by atoms with van der Waals surface area (Å²) < 4.78 is 0. The molecule has 0 saturated carbocycles. The molecular formula is C26H38N8O. The molecule has 0 spiro atoms. The van der Waals surface area contributed by atoms with E-state index in [1.54, 1.807) is 6.21 Å². The number of unbranched alkanes of at least 4 members (excludes halogenated alkanes) is 2. The van der Waals surface area contributed by atoms with Gasteiger partial charge in [-0.1, -0.05) is 44.9 Å². The van der Waals surface area contributed by atoms with Gasteiger partial charge in [0.1, 0.15) is 11.4 Å². The number of aliphatic imine (C=N–C) groups is 1. The standard InChI is InChI=1S/C26H38N8O/c1-3-5-11-29-16-19-9-10-20(24-21(19)8-7-12-31-24)17-30-18-22-23(27)25(33-26(28)32-22)34(14-15-35)13-6-4-2/h7-10,12,18,29,35H,3-6,11,13-17,27H2,1-2H3,(H2,28,32,33). The van der Waals surface area contributed by atoms with Crippen molar-refractivity contribution < 1.29 is 5.11 Å². The van der Waals surface area contributed by atoms with Crippen molar-refractivity contribution in [1.29, 1.82) is 0 Å². The van der Waals surface area contributed by atoms with Gasteiger partial charge in [-0.2, -0.15) is 4.98 Å². The summed E-state index contributed by atoms with van der Waals surface area (Å²) in [4.78, 5) is 19.8. The molecule has 0 unspecified atom stereocenters. The van der Waals surface area contributed by atoms with E-state index in [1.807, 2.05) is 17.2 Å². The van der Waals surface area contributed by atoms with Crippen LogP contribution in [0.15, 0.2) is 35.5 Å². The Bertz CT molecular complexity index is 1120. The fourth-order valence-corrected chi connectivity index (χ4v) is 3.95. The Morgan fingerprint density at radius 2 is 1.86 bits per heavy atom. The summed E-state index contributed by atoms with van der Waals surface area (Å²) in [5.74, 6) is 0.663. The molecule has 2 aromatic heterocycles. The molecule has 0 bridgehead atoms. The molecule has 6 N–H and O–H groups in total. The number of anilines is 3. The number of aliphatic hydroxyl groups excluding tert-OH is 1. The molecule has 35 heavy (non-hydrogen) atoms. The van der Waals surface area contributed by atoms with Gasteiger partial charge >= 0.3 is 0 Å². The summed E-state index contributed by atoms with van der Waals surface area (Å²) in [5, 5.41) is 14.1. The number of hydrogen-bond donors (Lipinski definition) is 4. The summed E-state index contributed by atoms with van der Waals surface area (Å²) in [6.07, 6.45) is 7.77. The first-order valence-corrected chi connectivity index (χ1v) is 12.4. The van der Waals surface area contributed by atoms with E-state index in [4.69, 9.17) is 11.5 Å². The first-order chi connectivity index (χ1) is 17.1. The topological polar surface area (TPSA) is 139 Å². The van der Waals surface area contributed by atoms with E-state index in [1.165, 1.54) is 12.0 Å². The maximum atomic E-state index is 9.48. The van der Waals surface area contributed by atoms with Crippen molar-refractivity contribution in [3.05, 3.63) is 47.3 Å². The summed E-state index contributed by atoms with van der Waals surface area (Å²) in [5.41, 5.74) is 16.5. The van der Waals surface area contributed by atoms with E-state index in [9.17, 15) is 5.11 Å². The molecule has 0 fully saturated rings. The monoisotopic (exact) mass is 478 g/mol. The number of fused-ring (bicyclic) bond motifs is 1. The van der Waals surface area contributed by atoms with E-state index in [0.29, 0.717) is 30.3 Å². The molecule has 1 aromatic carbocycles. The third-order valence-electron chi connectivity index (χ3n) is 5.86. The number of aliphatic hydroxyl groups is 1. The summed E-state index contributed by atoms with van der Waals surface area (Å²) in [6, 6.07) is 8.30. The predicted octanol–water partition coefficient (Wildman–Crippen LogP) is 3.30. The third-order valence-corrected chi connectivity index (χ3v) is 5.86. The lowest BCUT2D eigenvalue weighted by atomic mass is 10.0. The second kappa shape index (κ2) is 13.6. The van der Waals surface area contributed by atoms with Gasteiger partial charge in [-0.25, -0.2) is 4.98 Å². The van der Waals surface area contributed by atoms with Gasteiger partial charge < -0.3 is 26.8 Å². The van der Waals surface area contributed by atoms with Crippen molar-refractivity contribution in [3.63, 3.8) is 0 Å². The van der Waals surface area contributed by atoms with Gasteiger partial charge in [-0.05, 0) is 36.6 Å². The lowest BCUT2D eigenvalue weighted by Gasteiger charge is -2.24. The van der Waals surface area contributed by atoms with Gasteiger partial charge in [0.15, 0.2) is 5.82 Å². The second-order valence-electron chi connectivity index (χ2n) is 8.55. The number of hydrogen-bond acceptors (Lipinski definition) is 9. The maximum absolute atomic E-state index is 9.48. The summed E-state index contributed by atoms with van der Waals surface area (Å²) in [6.45, 7) is 7.71. The minimum Gasteiger partial charge on any atom is -0.395 e. The Kier molecular flexibility index (Phi) is 10.2. The molecule has 0 aliphatic heterocycles. The highest BCUT2D eigenvalue weighted by Gasteiger charge is 2.16. The fraction of sp³-hybridized carbons (Fsp3) is 0.462. The highest BCUT2D eigenvalue weighted by atomic mass is 16.3. The maximum Gasteiger partial charge on any atom is 0.222 e. The molecule has 0 atom stereocenters. The van der Waals surface area contributed by atoms with Crippen LogP contribution in [0.1, 0.15) is 56.4 Å². The highest BCUT2D eigenvalue weighted by Crippen LogP contribution is 2.25. The van der Waals surface area contributed by atoms with Gasteiger partial charge in [0.05, 0.1) is 18.7 Å². The van der Waals surface area contributed by atoms with Crippen molar-refractivity contribution >= 4 is 34.6 Å². The fourth-order valence-electron chi connectivity index (χ4n) is 3.95. The zero-order chi connectivity index (χ0) is 25.0. The van der Waals surface area contributed by atoms with E-state index in [-0.39, 0.29) is 12.6 Å². The van der Waals surface area contributed by atoms with E-state index in [0.717, 1.165) is 55.4 Å². The lowest BCUT2D eigenvalue weighted by molar-refractivity contribution is 0.301. The quantitative estimate of drug-likeness (QED) is 0.204. The number of nitrogens with one attached hydrogen (secondary N) is 1. The van der Waals surface area contributed by atoms with Gasteiger partial charge in [-0.3, -0.25) is 9.98 Å². The first kappa shape index (κ1) is 26.3. The summed E-state index contributed by atoms with van der Waals surface area (Å²) >= 11 is 0. The second-order valence-corrected chi connectivity index (χ2v) is 8.55. The van der Waals surface area contributed by atoms with Crippen LogP contribution < -0.4 is 21.7 Å². The van der Waals surface area contributed by atoms with E-state index >= 15 is 0 Å². The average molecular weight is 479 g/mol. The number of nitrogen functional groups attached to an aromatic ring is 2. The molecule has 0 radical (unpaired) electrons.